The van der Waals surface area contributed by atoms with Crippen molar-refractivity contribution in [2.45, 2.75) is 18.5 Å². The quantitative estimate of drug-likeness (QED) is 0.879. The second kappa shape index (κ2) is 5.76. The number of hydrogen-bond donors (Lipinski definition) is 1. The Morgan fingerprint density at radius 1 is 1.29 bits per heavy atom. The highest BCUT2D eigenvalue weighted by Crippen LogP contribution is 2.31. The number of carbonyl (C=O) groups is 1. The van der Waals surface area contributed by atoms with E-state index in [1.807, 2.05) is 0 Å². The predicted molar refractivity (Wildman–Crippen MR) is 65.4 cm³/mol. The molecule has 1 aromatic carbocycles. The summed E-state index contributed by atoms with van der Waals surface area (Å²) >= 11 is 0.399. The summed E-state index contributed by atoms with van der Waals surface area (Å²) in [5.41, 5.74) is 0.479. The number of nitrogens with zero attached hydrogens (tertiary/aromatic N) is 2. The summed E-state index contributed by atoms with van der Waals surface area (Å²) < 4.78 is 53.2. The summed E-state index contributed by atoms with van der Waals surface area (Å²) in [5, 5.41) is 8.90. The van der Waals surface area contributed by atoms with Gasteiger partial charge in [-0.1, -0.05) is 12.1 Å². The Morgan fingerprint density at radius 3 is 2.38 bits per heavy atom. The molecular weight excluding hydrogens is 312 g/mol. The van der Waals surface area contributed by atoms with Crippen molar-refractivity contribution in [2.24, 2.45) is 0 Å². The molecule has 1 N–H and O–H groups in total. The van der Waals surface area contributed by atoms with Gasteiger partial charge in [-0.25, -0.2) is 9.37 Å². The number of carboxylic acid groups (broad SMARTS) is 1. The van der Waals surface area contributed by atoms with Crippen LogP contribution in [0.25, 0.3) is 0 Å². The van der Waals surface area contributed by atoms with E-state index in [0.717, 1.165) is 12.1 Å². The Morgan fingerprint density at radius 2 is 1.90 bits per heavy atom. The van der Waals surface area contributed by atoms with Crippen LogP contribution in [0.5, 0.6) is 0 Å². The summed E-state index contributed by atoms with van der Waals surface area (Å²) in [6, 6.07) is 5.04. The van der Waals surface area contributed by atoms with Crippen LogP contribution in [0.1, 0.15) is 22.3 Å². The lowest BCUT2D eigenvalue weighted by atomic mass is 10.00. The zero-order chi connectivity index (χ0) is 15.6. The zero-order valence-corrected chi connectivity index (χ0v) is 11.1. The minimum absolute atomic E-state index is 0.0951. The van der Waals surface area contributed by atoms with Crippen LogP contribution in [0.4, 0.5) is 17.6 Å². The van der Waals surface area contributed by atoms with Crippen LogP contribution >= 0.6 is 11.5 Å². The molecule has 112 valence electrons. The Labute approximate surface area is 120 Å². The Kier molecular flexibility index (Phi) is 4.21. The molecule has 2 aromatic rings. The molecule has 1 unspecified atom stereocenters. The fourth-order valence-electron chi connectivity index (χ4n) is 1.63. The molecule has 0 aliphatic carbocycles. The summed E-state index contributed by atoms with van der Waals surface area (Å²) in [6.45, 7) is 0. The lowest BCUT2D eigenvalue weighted by Gasteiger charge is -2.09. The Bertz CT molecular complexity index is 639. The first-order valence-electron chi connectivity index (χ1n) is 5.65. The highest BCUT2D eigenvalue weighted by molar-refractivity contribution is 7.05. The number of aliphatic carboxylic acids is 1. The second-order valence-corrected chi connectivity index (χ2v) is 4.96. The number of halogens is 4. The molecule has 0 radical (unpaired) electrons. The molecule has 21 heavy (non-hydrogen) atoms. The van der Waals surface area contributed by atoms with Crippen molar-refractivity contribution in [1.29, 1.82) is 0 Å². The van der Waals surface area contributed by atoms with Crippen LogP contribution in [0.15, 0.2) is 24.3 Å². The van der Waals surface area contributed by atoms with Gasteiger partial charge in [0.15, 0.2) is 0 Å². The molecule has 0 amide bonds. The molecule has 0 spiro atoms. The number of aromatic nitrogens is 2. The van der Waals surface area contributed by atoms with Gasteiger partial charge in [0.2, 0.25) is 5.82 Å². The van der Waals surface area contributed by atoms with Gasteiger partial charge in [0, 0.05) is 0 Å². The molecule has 1 atom stereocenters. The fraction of sp³-hybridized carbons (Fsp3) is 0.250. The normalized spacial score (nSPS) is 13.1. The van der Waals surface area contributed by atoms with Crippen molar-refractivity contribution in [3.63, 3.8) is 0 Å². The van der Waals surface area contributed by atoms with E-state index in [9.17, 15) is 22.4 Å². The van der Waals surface area contributed by atoms with Gasteiger partial charge in [-0.05, 0) is 35.6 Å². The van der Waals surface area contributed by atoms with Gasteiger partial charge in [0.25, 0.3) is 0 Å². The number of carboxylic acids is 1. The number of benzene rings is 1. The van der Waals surface area contributed by atoms with Crippen LogP contribution in [0.3, 0.4) is 0 Å². The van der Waals surface area contributed by atoms with Gasteiger partial charge in [0.1, 0.15) is 16.7 Å². The molecule has 0 saturated carbocycles. The van der Waals surface area contributed by atoms with E-state index in [1.54, 1.807) is 0 Å². The summed E-state index contributed by atoms with van der Waals surface area (Å²) in [7, 11) is 0. The molecule has 0 aliphatic rings. The van der Waals surface area contributed by atoms with Gasteiger partial charge in [-0.15, -0.1) is 0 Å². The topological polar surface area (TPSA) is 63.1 Å². The third-order valence-corrected chi connectivity index (χ3v) is 3.47. The van der Waals surface area contributed by atoms with E-state index in [4.69, 9.17) is 5.11 Å². The zero-order valence-electron chi connectivity index (χ0n) is 10.3. The van der Waals surface area contributed by atoms with Crippen LogP contribution in [0, 0.1) is 5.82 Å². The molecule has 0 fully saturated rings. The van der Waals surface area contributed by atoms with Crippen molar-refractivity contribution < 1.29 is 27.5 Å². The lowest BCUT2D eigenvalue weighted by molar-refractivity contribution is -0.145. The first-order valence-corrected chi connectivity index (χ1v) is 6.43. The minimum atomic E-state index is -4.71. The van der Waals surface area contributed by atoms with Gasteiger partial charge in [0.05, 0.1) is 0 Å². The fourth-order valence-corrected chi connectivity index (χ4v) is 2.39. The first kappa shape index (κ1) is 15.4. The van der Waals surface area contributed by atoms with Crippen LogP contribution in [-0.4, -0.2) is 20.4 Å². The second-order valence-electron chi connectivity index (χ2n) is 4.18. The maximum Gasteiger partial charge on any atom is 0.452 e. The van der Waals surface area contributed by atoms with Crippen molar-refractivity contribution in [3.8, 4) is 0 Å². The standard InChI is InChI=1S/C12H8F4N2O2S/c13-7-3-1-6(2-4-7)5-8(10(19)20)9-17-11(18-21-9)12(14,15)16/h1-4,8H,5H2,(H,19,20). The smallest absolute Gasteiger partial charge is 0.452 e. The van der Waals surface area contributed by atoms with Crippen LogP contribution in [0.2, 0.25) is 0 Å². The maximum atomic E-state index is 12.8. The minimum Gasteiger partial charge on any atom is -0.481 e. The molecule has 0 bridgehead atoms. The van der Waals surface area contributed by atoms with E-state index in [1.165, 1.54) is 12.1 Å². The monoisotopic (exact) mass is 320 g/mol. The summed E-state index contributed by atoms with van der Waals surface area (Å²) in [6.07, 6.45) is -4.81. The van der Waals surface area contributed by atoms with Crippen molar-refractivity contribution in [3.05, 3.63) is 46.5 Å². The molecular formula is C12H8F4N2O2S. The number of hydrogen-bond acceptors (Lipinski definition) is 4. The summed E-state index contributed by atoms with van der Waals surface area (Å²) in [4.78, 5) is 14.5. The Hall–Kier alpha value is -2.03. The number of alkyl halides is 3. The van der Waals surface area contributed by atoms with E-state index >= 15 is 0 Å². The average Bonchev–Trinajstić information content (AvgIpc) is 2.87. The van der Waals surface area contributed by atoms with E-state index in [-0.39, 0.29) is 11.4 Å². The molecule has 1 heterocycles. The predicted octanol–water partition coefficient (Wildman–Crippen LogP) is 3.11. The third-order valence-electron chi connectivity index (χ3n) is 2.64. The van der Waals surface area contributed by atoms with Crippen molar-refractivity contribution in [2.75, 3.05) is 0 Å². The molecule has 2 rings (SSSR count). The van der Waals surface area contributed by atoms with Crippen LogP contribution in [-0.2, 0) is 17.4 Å². The van der Waals surface area contributed by atoms with E-state index in [2.05, 4.69) is 9.36 Å². The largest absolute Gasteiger partial charge is 0.481 e. The molecule has 4 nitrogen and oxygen atoms in total. The van der Waals surface area contributed by atoms with E-state index in [0.29, 0.717) is 17.1 Å². The molecule has 1 aromatic heterocycles. The van der Waals surface area contributed by atoms with Gasteiger partial charge >= 0.3 is 12.1 Å². The van der Waals surface area contributed by atoms with Crippen molar-refractivity contribution in [1.82, 2.24) is 9.36 Å². The number of rotatable bonds is 4. The lowest BCUT2D eigenvalue weighted by Crippen LogP contribution is -2.15. The van der Waals surface area contributed by atoms with Gasteiger partial charge in [-0.2, -0.15) is 17.5 Å². The maximum absolute atomic E-state index is 12.8. The van der Waals surface area contributed by atoms with Gasteiger partial charge < -0.3 is 5.11 Å². The average molecular weight is 320 g/mol. The molecule has 0 saturated heterocycles. The SMILES string of the molecule is O=C(O)C(Cc1ccc(F)cc1)c1nc(C(F)(F)F)ns1. The van der Waals surface area contributed by atoms with Crippen molar-refractivity contribution >= 4 is 17.5 Å². The first-order chi connectivity index (χ1) is 9.77. The molecule has 0 aliphatic heterocycles. The van der Waals surface area contributed by atoms with Gasteiger partial charge in [-0.3, -0.25) is 4.79 Å². The Balaban J connectivity index is 2.25. The molecule has 9 heteroatoms. The van der Waals surface area contributed by atoms with Crippen LogP contribution < -0.4 is 0 Å². The van der Waals surface area contributed by atoms with E-state index < -0.39 is 29.7 Å². The highest BCUT2D eigenvalue weighted by Gasteiger charge is 2.37. The summed E-state index contributed by atoms with van der Waals surface area (Å²) in [5.74, 6) is -4.41. The highest BCUT2D eigenvalue weighted by atomic mass is 32.1. The third kappa shape index (κ3) is 3.75.